The molecule has 114 valence electrons. The van der Waals surface area contributed by atoms with Crippen molar-refractivity contribution in [3.63, 3.8) is 0 Å². The molecule has 0 spiro atoms. The number of rotatable bonds is 9. The Labute approximate surface area is 117 Å². The van der Waals surface area contributed by atoms with Gasteiger partial charge in [-0.05, 0) is 34.1 Å². The van der Waals surface area contributed by atoms with Gasteiger partial charge in [-0.15, -0.1) is 0 Å². The van der Waals surface area contributed by atoms with Gasteiger partial charge in [0.15, 0.2) is 0 Å². The van der Waals surface area contributed by atoms with Crippen LogP contribution in [-0.4, -0.2) is 44.0 Å². The van der Waals surface area contributed by atoms with Crippen LogP contribution in [-0.2, 0) is 9.47 Å². The van der Waals surface area contributed by atoms with E-state index in [0.717, 1.165) is 26.0 Å². The molecule has 19 heavy (non-hydrogen) atoms. The lowest BCUT2D eigenvalue weighted by atomic mass is 10.2. The summed E-state index contributed by atoms with van der Waals surface area (Å²) in [5.74, 6) is 0. The Kier molecular flexibility index (Phi) is 9.61. The largest absolute Gasteiger partial charge is 0.444 e. The minimum atomic E-state index is -0.451. The van der Waals surface area contributed by atoms with Gasteiger partial charge < -0.3 is 20.1 Å². The fourth-order valence-corrected chi connectivity index (χ4v) is 1.35. The summed E-state index contributed by atoms with van der Waals surface area (Å²) in [6, 6.07) is 0.197. The first-order valence-electron chi connectivity index (χ1n) is 7.13. The first-order chi connectivity index (χ1) is 8.85. The molecule has 1 amide bonds. The summed E-state index contributed by atoms with van der Waals surface area (Å²) in [6.07, 6.45) is 1.89. The molecule has 5 nitrogen and oxygen atoms in total. The average Bonchev–Trinajstić information content (AvgIpc) is 2.29. The quantitative estimate of drug-likeness (QED) is 0.633. The van der Waals surface area contributed by atoms with Gasteiger partial charge in [0.05, 0.1) is 6.61 Å². The number of carbonyl (C=O) groups excluding carboxylic acids is 1. The molecule has 1 unspecified atom stereocenters. The highest BCUT2D eigenvalue weighted by molar-refractivity contribution is 5.67. The molecule has 0 fully saturated rings. The van der Waals surface area contributed by atoms with Crippen molar-refractivity contribution in [1.82, 2.24) is 10.6 Å². The number of unbranched alkanes of at least 4 members (excludes halogenated alkanes) is 1. The molecule has 0 aliphatic carbocycles. The number of amides is 1. The monoisotopic (exact) mass is 274 g/mol. The van der Waals surface area contributed by atoms with Crippen LogP contribution in [0.15, 0.2) is 0 Å². The highest BCUT2D eigenvalue weighted by atomic mass is 16.6. The molecule has 0 rings (SSSR count). The van der Waals surface area contributed by atoms with E-state index in [0.29, 0.717) is 13.2 Å². The highest BCUT2D eigenvalue weighted by Crippen LogP contribution is 2.06. The third-order valence-electron chi connectivity index (χ3n) is 2.33. The van der Waals surface area contributed by atoms with Gasteiger partial charge >= 0.3 is 6.09 Å². The van der Waals surface area contributed by atoms with Crippen molar-refractivity contribution >= 4 is 6.09 Å². The molecule has 0 heterocycles. The highest BCUT2D eigenvalue weighted by Gasteiger charge is 2.16. The van der Waals surface area contributed by atoms with Gasteiger partial charge in [0.1, 0.15) is 5.60 Å². The minimum Gasteiger partial charge on any atom is -0.444 e. The van der Waals surface area contributed by atoms with Crippen molar-refractivity contribution in [3.8, 4) is 0 Å². The van der Waals surface area contributed by atoms with Crippen LogP contribution in [0, 0.1) is 0 Å². The number of ether oxygens (including phenoxy) is 2. The van der Waals surface area contributed by atoms with Crippen molar-refractivity contribution in [2.45, 2.75) is 59.1 Å². The van der Waals surface area contributed by atoms with Gasteiger partial charge in [-0.1, -0.05) is 13.3 Å². The number of hydrogen-bond acceptors (Lipinski definition) is 4. The summed E-state index contributed by atoms with van der Waals surface area (Å²) in [7, 11) is 0. The predicted octanol–water partition coefficient (Wildman–Crippen LogP) is 2.31. The van der Waals surface area contributed by atoms with Gasteiger partial charge in [0.25, 0.3) is 0 Å². The molecular formula is C14H30N2O3. The van der Waals surface area contributed by atoms with Crippen LogP contribution >= 0.6 is 0 Å². The molecular weight excluding hydrogens is 244 g/mol. The zero-order chi connectivity index (χ0) is 14.7. The van der Waals surface area contributed by atoms with Crippen molar-refractivity contribution < 1.29 is 14.3 Å². The Hall–Kier alpha value is -0.810. The first kappa shape index (κ1) is 18.2. The van der Waals surface area contributed by atoms with Crippen LogP contribution in [0.5, 0.6) is 0 Å². The summed E-state index contributed by atoms with van der Waals surface area (Å²) in [5, 5.41) is 6.02. The van der Waals surface area contributed by atoms with E-state index >= 15 is 0 Å². The summed E-state index contributed by atoms with van der Waals surface area (Å²) in [6.45, 7) is 12.6. The molecule has 0 aromatic carbocycles. The Morgan fingerprint density at radius 1 is 1.26 bits per heavy atom. The van der Waals surface area contributed by atoms with E-state index in [9.17, 15) is 4.79 Å². The smallest absolute Gasteiger partial charge is 0.407 e. The van der Waals surface area contributed by atoms with Crippen molar-refractivity contribution in [3.05, 3.63) is 0 Å². The number of nitrogens with one attached hydrogen (secondary N) is 2. The van der Waals surface area contributed by atoms with Gasteiger partial charge in [-0.2, -0.15) is 0 Å². The summed E-state index contributed by atoms with van der Waals surface area (Å²) in [5.41, 5.74) is -0.451. The van der Waals surface area contributed by atoms with Gasteiger partial charge in [0.2, 0.25) is 0 Å². The molecule has 5 heteroatoms. The minimum absolute atomic E-state index is 0.197. The fraction of sp³-hybridized carbons (Fsp3) is 0.929. The van der Waals surface area contributed by atoms with Gasteiger partial charge in [-0.3, -0.25) is 0 Å². The second-order valence-corrected chi connectivity index (χ2v) is 5.70. The van der Waals surface area contributed by atoms with Gasteiger partial charge in [-0.25, -0.2) is 4.79 Å². The van der Waals surface area contributed by atoms with Crippen molar-refractivity contribution in [1.29, 1.82) is 0 Å². The van der Waals surface area contributed by atoms with Crippen LogP contribution in [0.3, 0.4) is 0 Å². The second-order valence-electron chi connectivity index (χ2n) is 5.70. The van der Waals surface area contributed by atoms with Gasteiger partial charge in [0, 0.05) is 25.7 Å². The standard InChI is InChI=1S/C14H30N2O3/c1-6-7-9-18-10-8-15-12(2)11-16-13(17)19-14(3,4)5/h12,15H,6-11H2,1-5H3,(H,16,17). The third-order valence-corrected chi connectivity index (χ3v) is 2.33. The third kappa shape index (κ3) is 13.4. The molecule has 0 aromatic rings. The number of carbonyl (C=O) groups is 1. The molecule has 0 saturated carbocycles. The number of hydrogen-bond donors (Lipinski definition) is 2. The van der Waals surface area contributed by atoms with E-state index in [-0.39, 0.29) is 12.1 Å². The Morgan fingerprint density at radius 3 is 2.53 bits per heavy atom. The molecule has 2 N–H and O–H groups in total. The maximum Gasteiger partial charge on any atom is 0.407 e. The van der Waals surface area contributed by atoms with E-state index in [1.54, 1.807) is 0 Å². The van der Waals surface area contributed by atoms with Crippen LogP contribution in [0.4, 0.5) is 4.79 Å². The SMILES string of the molecule is CCCCOCCNC(C)CNC(=O)OC(C)(C)C. The van der Waals surface area contributed by atoms with Crippen LogP contribution in [0.2, 0.25) is 0 Å². The molecule has 0 radical (unpaired) electrons. The van der Waals surface area contributed by atoms with E-state index in [4.69, 9.17) is 9.47 Å². The van der Waals surface area contributed by atoms with Crippen LogP contribution in [0.1, 0.15) is 47.5 Å². The molecule has 1 atom stereocenters. The lowest BCUT2D eigenvalue weighted by Crippen LogP contribution is -2.42. The molecule has 0 aromatic heterocycles. The summed E-state index contributed by atoms with van der Waals surface area (Å²) < 4.78 is 10.6. The topological polar surface area (TPSA) is 59.6 Å². The maximum atomic E-state index is 11.4. The molecule has 0 bridgehead atoms. The average molecular weight is 274 g/mol. The predicted molar refractivity (Wildman–Crippen MR) is 77.4 cm³/mol. The second kappa shape index (κ2) is 10.0. The van der Waals surface area contributed by atoms with E-state index in [2.05, 4.69) is 17.6 Å². The molecule has 0 aliphatic heterocycles. The Bertz CT molecular complexity index is 239. The van der Waals surface area contributed by atoms with E-state index in [1.807, 2.05) is 27.7 Å². The van der Waals surface area contributed by atoms with E-state index in [1.165, 1.54) is 0 Å². The maximum absolute atomic E-state index is 11.4. The van der Waals surface area contributed by atoms with E-state index < -0.39 is 5.60 Å². The zero-order valence-electron chi connectivity index (χ0n) is 13.0. The normalized spacial score (nSPS) is 13.1. The van der Waals surface area contributed by atoms with Crippen LogP contribution < -0.4 is 10.6 Å². The zero-order valence-corrected chi connectivity index (χ0v) is 13.0. The summed E-state index contributed by atoms with van der Waals surface area (Å²) in [4.78, 5) is 11.4. The Balaban J connectivity index is 3.48. The van der Waals surface area contributed by atoms with Crippen molar-refractivity contribution in [2.24, 2.45) is 0 Å². The lowest BCUT2D eigenvalue weighted by molar-refractivity contribution is 0.0522. The van der Waals surface area contributed by atoms with Crippen LogP contribution in [0.25, 0.3) is 0 Å². The lowest BCUT2D eigenvalue weighted by Gasteiger charge is -2.21. The Morgan fingerprint density at radius 2 is 1.95 bits per heavy atom. The van der Waals surface area contributed by atoms with Crippen molar-refractivity contribution in [2.75, 3.05) is 26.3 Å². The summed E-state index contributed by atoms with van der Waals surface area (Å²) >= 11 is 0. The fourth-order valence-electron chi connectivity index (χ4n) is 1.35. The molecule has 0 aliphatic rings. The number of alkyl carbamates (subject to hydrolysis) is 1. The molecule has 0 saturated heterocycles. The first-order valence-corrected chi connectivity index (χ1v) is 7.13.